The molecule has 1 heterocycles. The predicted octanol–water partition coefficient (Wildman–Crippen LogP) is 3.27. The molecule has 2 unspecified atom stereocenters. The topological polar surface area (TPSA) is 7.68 Å². The van der Waals surface area contributed by atoms with Crippen LogP contribution >= 0.6 is 0 Å². The maximum atomic E-state index is 2.38. The quantitative estimate of drug-likeness (QED) is 0.914. The summed E-state index contributed by atoms with van der Waals surface area (Å²) in [6.07, 6.45) is 4.64. The Kier molecular flexibility index (Phi) is 4.03. The van der Waals surface area contributed by atoms with Crippen molar-refractivity contribution in [3.05, 3.63) is 65.7 Å². The molecule has 23 heavy (non-hydrogen) atoms. The van der Waals surface area contributed by atoms with Gasteiger partial charge in [-0.25, -0.2) is 0 Å². The van der Waals surface area contributed by atoms with Gasteiger partial charge in [0.25, 0.3) is 0 Å². The van der Waals surface area contributed by atoms with Gasteiger partial charge in [-0.3, -0.25) is 4.90 Å². The minimum atomic E-state index is 0.154. The van der Waals surface area contributed by atoms with Crippen molar-refractivity contribution in [3.8, 4) is 0 Å². The van der Waals surface area contributed by atoms with Gasteiger partial charge in [-0.1, -0.05) is 36.4 Å². The highest BCUT2D eigenvalue weighted by molar-refractivity contribution is 5.57. The number of anilines is 1. The molecule has 2 nitrogen and oxygen atoms in total. The molecule has 2 atom stereocenters. The first-order valence-electron chi connectivity index (χ1n) is 8.30. The number of fused-ring (bicyclic) bond motifs is 1. The lowest BCUT2D eigenvalue weighted by atomic mass is 9.80. The maximum absolute atomic E-state index is 2.38. The summed E-state index contributed by atoms with van der Waals surface area (Å²) in [5.74, 6) is 0. The third kappa shape index (κ3) is 2.79. The van der Waals surface area contributed by atoms with Crippen molar-refractivity contribution in [1.29, 1.82) is 0 Å². The van der Waals surface area contributed by atoms with Crippen molar-refractivity contribution in [2.45, 2.75) is 25.3 Å². The van der Waals surface area contributed by atoms with Crippen LogP contribution in [-0.4, -0.2) is 27.2 Å². The van der Waals surface area contributed by atoms with E-state index in [1.165, 1.54) is 27.4 Å². The SMILES string of the molecule is CN(C)c1ccc(C=CC2[NH+](C)c3ccccc3C2(C)C)cc1. The molecule has 2 aromatic carbocycles. The van der Waals surface area contributed by atoms with Crippen LogP contribution < -0.4 is 9.80 Å². The van der Waals surface area contributed by atoms with E-state index in [2.05, 4.69) is 101 Å². The summed E-state index contributed by atoms with van der Waals surface area (Å²) in [7, 11) is 6.42. The van der Waals surface area contributed by atoms with Gasteiger partial charge in [0.1, 0.15) is 11.7 Å². The molecule has 1 aliphatic rings. The monoisotopic (exact) mass is 307 g/mol. The Morgan fingerprint density at radius 1 is 1.00 bits per heavy atom. The van der Waals surface area contributed by atoms with E-state index in [4.69, 9.17) is 0 Å². The fourth-order valence-electron chi connectivity index (χ4n) is 3.74. The Bertz CT molecular complexity index is 711. The second-order valence-corrected chi connectivity index (χ2v) is 7.27. The van der Waals surface area contributed by atoms with E-state index >= 15 is 0 Å². The van der Waals surface area contributed by atoms with Crippen LogP contribution in [0.5, 0.6) is 0 Å². The summed E-state index contributed by atoms with van der Waals surface area (Å²) >= 11 is 0. The number of nitrogens with zero attached hydrogens (tertiary/aromatic N) is 1. The van der Waals surface area contributed by atoms with Crippen molar-refractivity contribution in [3.63, 3.8) is 0 Å². The number of quaternary nitrogens is 1. The minimum Gasteiger partial charge on any atom is -0.378 e. The van der Waals surface area contributed by atoms with Gasteiger partial charge in [0.15, 0.2) is 0 Å². The van der Waals surface area contributed by atoms with Crippen molar-refractivity contribution >= 4 is 17.5 Å². The fraction of sp³-hybridized carbons (Fsp3) is 0.333. The molecule has 1 aliphatic heterocycles. The molecule has 3 rings (SSSR count). The Balaban J connectivity index is 1.85. The summed E-state index contributed by atoms with van der Waals surface area (Å²) in [4.78, 5) is 3.61. The molecular formula is C21H27N2+. The van der Waals surface area contributed by atoms with E-state index in [1.54, 1.807) is 0 Å². The van der Waals surface area contributed by atoms with Gasteiger partial charge in [-0.05, 0) is 43.7 Å². The first kappa shape index (κ1) is 15.8. The summed E-state index contributed by atoms with van der Waals surface area (Å²) in [5.41, 5.74) is 5.54. The molecule has 1 N–H and O–H groups in total. The van der Waals surface area contributed by atoms with E-state index in [0.717, 1.165) is 0 Å². The Hall–Kier alpha value is -2.06. The first-order chi connectivity index (χ1) is 10.9. The van der Waals surface area contributed by atoms with Crippen LogP contribution in [0.4, 0.5) is 11.4 Å². The van der Waals surface area contributed by atoms with Crippen LogP contribution in [0.1, 0.15) is 25.0 Å². The lowest BCUT2D eigenvalue weighted by Crippen LogP contribution is -3.07. The Morgan fingerprint density at radius 2 is 1.65 bits per heavy atom. The third-order valence-corrected chi connectivity index (χ3v) is 5.18. The van der Waals surface area contributed by atoms with Crippen molar-refractivity contribution in [2.24, 2.45) is 0 Å². The molecule has 0 aliphatic carbocycles. The molecule has 0 saturated carbocycles. The fourth-order valence-corrected chi connectivity index (χ4v) is 3.74. The second kappa shape index (κ2) is 5.86. The number of rotatable bonds is 3. The summed E-state index contributed by atoms with van der Waals surface area (Å²) in [6, 6.07) is 18.0. The number of benzene rings is 2. The number of hydrogen-bond acceptors (Lipinski definition) is 1. The lowest BCUT2D eigenvalue weighted by Gasteiger charge is -2.25. The zero-order chi connectivity index (χ0) is 16.6. The normalized spacial score (nSPS) is 22.3. The maximum Gasteiger partial charge on any atom is 0.135 e. The molecule has 0 amide bonds. The second-order valence-electron chi connectivity index (χ2n) is 7.27. The minimum absolute atomic E-state index is 0.154. The van der Waals surface area contributed by atoms with Crippen molar-refractivity contribution < 1.29 is 4.90 Å². The molecule has 0 aromatic heterocycles. The lowest BCUT2D eigenvalue weighted by molar-refractivity contribution is -0.828. The Morgan fingerprint density at radius 3 is 2.26 bits per heavy atom. The number of hydrogen-bond donors (Lipinski definition) is 1. The average Bonchev–Trinajstić information content (AvgIpc) is 2.73. The molecule has 0 saturated heterocycles. The van der Waals surface area contributed by atoms with Crippen LogP contribution in [-0.2, 0) is 5.41 Å². The number of para-hydroxylation sites is 1. The van der Waals surface area contributed by atoms with Gasteiger partial charge in [0.05, 0.1) is 12.5 Å². The molecule has 0 spiro atoms. The highest BCUT2D eigenvalue weighted by Crippen LogP contribution is 2.36. The van der Waals surface area contributed by atoms with E-state index in [1.807, 2.05) is 0 Å². The summed E-state index contributed by atoms with van der Waals surface area (Å²) < 4.78 is 0. The molecule has 120 valence electrons. The number of nitrogens with one attached hydrogen (secondary N) is 1. The first-order valence-corrected chi connectivity index (χ1v) is 8.30. The molecule has 2 aromatic rings. The largest absolute Gasteiger partial charge is 0.378 e. The van der Waals surface area contributed by atoms with Gasteiger partial charge in [-0.2, -0.15) is 0 Å². The van der Waals surface area contributed by atoms with E-state index in [9.17, 15) is 0 Å². The number of likely N-dealkylation sites (N-methyl/N-ethyl adjacent to an activating group) is 1. The van der Waals surface area contributed by atoms with Crippen molar-refractivity contribution in [1.82, 2.24) is 0 Å². The molecular weight excluding hydrogens is 280 g/mol. The van der Waals surface area contributed by atoms with E-state index in [-0.39, 0.29) is 5.41 Å². The van der Waals surface area contributed by atoms with Gasteiger partial charge in [0, 0.05) is 25.3 Å². The summed E-state index contributed by atoms with van der Waals surface area (Å²) in [5, 5.41) is 0. The van der Waals surface area contributed by atoms with Crippen LogP contribution in [0.15, 0.2) is 54.6 Å². The highest BCUT2D eigenvalue weighted by Gasteiger charge is 2.45. The van der Waals surface area contributed by atoms with Crippen LogP contribution in [0, 0.1) is 0 Å². The van der Waals surface area contributed by atoms with Crippen LogP contribution in [0.3, 0.4) is 0 Å². The zero-order valence-corrected chi connectivity index (χ0v) is 14.8. The van der Waals surface area contributed by atoms with Gasteiger partial charge < -0.3 is 4.90 Å². The van der Waals surface area contributed by atoms with E-state index in [0.29, 0.717) is 6.04 Å². The van der Waals surface area contributed by atoms with Crippen LogP contribution in [0.2, 0.25) is 0 Å². The van der Waals surface area contributed by atoms with Crippen LogP contribution in [0.25, 0.3) is 6.08 Å². The molecule has 0 bridgehead atoms. The average molecular weight is 307 g/mol. The van der Waals surface area contributed by atoms with Gasteiger partial charge in [0.2, 0.25) is 0 Å². The molecule has 0 radical (unpaired) electrons. The smallest absolute Gasteiger partial charge is 0.135 e. The van der Waals surface area contributed by atoms with Gasteiger partial charge >= 0.3 is 0 Å². The highest BCUT2D eigenvalue weighted by atomic mass is 15.2. The van der Waals surface area contributed by atoms with Gasteiger partial charge in [-0.15, -0.1) is 0 Å². The van der Waals surface area contributed by atoms with E-state index < -0.39 is 0 Å². The molecule has 2 heteroatoms. The molecule has 0 fully saturated rings. The zero-order valence-electron chi connectivity index (χ0n) is 14.8. The summed E-state index contributed by atoms with van der Waals surface area (Å²) in [6.45, 7) is 4.71. The predicted molar refractivity (Wildman–Crippen MR) is 99.6 cm³/mol. The van der Waals surface area contributed by atoms with Crippen molar-refractivity contribution in [2.75, 3.05) is 26.0 Å². The Labute approximate surface area is 140 Å². The third-order valence-electron chi connectivity index (χ3n) is 5.18. The standard InChI is InChI=1S/C21H26N2/c1-21(2)18-8-6-7-9-19(18)23(5)20(21)15-12-16-10-13-17(14-11-16)22(3)4/h6-15,20H,1-5H3/p+1.